The molecule has 1 saturated carbocycles. The Labute approximate surface area is 119 Å². The summed E-state index contributed by atoms with van der Waals surface area (Å²) in [6, 6.07) is 8.88. The third-order valence-electron chi connectivity index (χ3n) is 4.64. The van der Waals surface area contributed by atoms with Crippen LogP contribution in [-0.2, 0) is 4.74 Å². The van der Waals surface area contributed by atoms with Crippen molar-refractivity contribution >= 4 is 5.97 Å². The topological polar surface area (TPSA) is 66.8 Å². The molecule has 0 aliphatic heterocycles. The number of rotatable bonds is 5. The molecule has 1 aliphatic rings. The second kappa shape index (κ2) is 5.94. The molecule has 110 valence electrons. The van der Waals surface area contributed by atoms with Gasteiger partial charge in [0.1, 0.15) is 6.10 Å². The summed E-state index contributed by atoms with van der Waals surface area (Å²) in [5.41, 5.74) is 0.161. The van der Waals surface area contributed by atoms with Crippen LogP contribution in [0.25, 0.3) is 0 Å². The Morgan fingerprint density at radius 2 is 2.10 bits per heavy atom. The number of carbonyl (C=O) groups excluding carboxylic acids is 1. The maximum atomic E-state index is 12.0. The van der Waals surface area contributed by atoms with Gasteiger partial charge in [0.05, 0.1) is 18.3 Å². The lowest BCUT2D eigenvalue weighted by molar-refractivity contribution is -0.133. The number of esters is 1. The number of ether oxygens (including phenoxy) is 1. The molecule has 1 aliphatic carbocycles. The summed E-state index contributed by atoms with van der Waals surface area (Å²) in [6.07, 6.45) is 0.699. The summed E-state index contributed by atoms with van der Waals surface area (Å²) in [5, 5.41) is 19.1. The van der Waals surface area contributed by atoms with Crippen LogP contribution in [0.1, 0.15) is 37.0 Å². The predicted molar refractivity (Wildman–Crippen MR) is 75.2 cm³/mol. The fourth-order valence-corrected chi connectivity index (χ4v) is 3.05. The molecule has 0 radical (unpaired) electrons. The zero-order valence-electron chi connectivity index (χ0n) is 12.0. The van der Waals surface area contributed by atoms with E-state index in [0.717, 1.165) is 12.8 Å². The summed E-state index contributed by atoms with van der Waals surface area (Å²) in [5.74, 6) is -0.261. The van der Waals surface area contributed by atoms with E-state index in [1.165, 1.54) is 0 Å². The first-order valence-corrected chi connectivity index (χ1v) is 7.04. The largest absolute Gasteiger partial charge is 0.459 e. The van der Waals surface area contributed by atoms with Gasteiger partial charge in [-0.2, -0.15) is 0 Å². The van der Waals surface area contributed by atoms with Crippen LogP contribution < -0.4 is 0 Å². The minimum atomic E-state index is -0.765. The molecule has 1 aromatic rings. The first-order chi connectivity index (χ1) is 9.49. The zero-order valence-corrected chi connectivity index (χ0v) is 12.0. The fourth-order valence-electron chi connectivity index (χ4n) is 3.05. The standard InChI is InChI=1S/C16H22O4/c1-11(13-8-9-16(13,2)14(18)10-17)20-15(19)12-6-4-3-5-7-12/h3-7,11,13-14,17-18H,8-10H2,1-2H3/t11-,13-,14+,16-/m0/s1. The van der Waals surface area contributed by atoms with Gasteiger partial charge >= 0.3 is 5.97 Å². The van der Waals surface area contributed by atoms with E-state index in [4.69, 9.17) is 9.84 Å². The number of aliphatic hydroxyl groups is 2. The molecule has 2 N–H and O–H groups in total. The van der Waals surface area contributed by atoms with E-state index in [-0.39, 0.29) is 30.0 Å². The van der Waals surface area contributed by atoms with Gasteiger partial charge in [-0.3, -0.25) is 0 Å². The zero-order chi connectivity index (χ0) is 14.8. The highest BCUT2D eigenvalue weighted by molar-refractivity contribution is 5.89. The average Bonchev–Trinajstić information content (AvgIpc) is 2.45. The number of carbonyl (C=O) groups is 1. The summed E-state index contributed by atoms with van der Waals surface area (Å²) in [7, 11) is 0. The molecule has 4 nitrogen and oxygen atoms in total. The fraction of sp³-hybridized carbons (Fsp3) is 0.562. The molecule has 0 saturated heterocycles. The van der Waals surface area contributed by atoms with Crippen LogP contribution in [0, 0.1) is 11.3 Å². The first kappa shape index (κ1) is 15.0. The van der Waals surface area contributed by atoms with Crippen molar-refractivity contribution in [2.45, 2.75) is 38.9 Å². The van der Waals surface area contributed by atoms with Crippen molar-refractivity contribution in [2.24, 2.45) is 11.3 Å². The molecule has 0 aromatic heterocycles. The third-order valence-corrected chi connectivity index (χ3v) is 4.64. The molecule has 20 heavy (non-hydrogen) atoms. The van der Waals surface area contributed by atoms with Crippen molar-refractivity contribution in [2.75, 3.05) is 6.61 Å². The van der Waals surface area contributed by atoms with Crippen molar-refractivity contribution in [3.63, 3.8) is 0 Å². The molecule has 0 bridgehead atoms. The highest BCUT2D eigenvalue weighted by Crippen LogP contribution is 2.51. The van der Waals surface area contributed by atoms with Gasteiger partial charge in [0, 0.05) is 11.3 Å². The lowest BCUT2D eigenvalue weighted by Crippen LogP contribution is -2.53. The Kier molecular flexibility index (Phi) is 4.45. The van der Waals surface area contributed by atoms with E-state index in [0.29, 0.717) is 5.56 Å². The molecule has 1 aromatic carbocycles. The highest BCUT2D eigenvalue weighted by atomic mass is 16.5. The second-order valence-corrected chi connectivity index (χ2v) is 5.83. The molecule has 2 rings (SSSR count). The summed E-state index contributed by atoms with van der Waals surface area (Å²) >= 11 is 0. The third kappa shape index (κ3) is 2.72. The van der Waals surface area contributed by atoms with Crippen LogP contribution in [0.15, 0.2) is 30.3 Å². The minimum absolute atomic E-state index is 0.0808. The number of hydrogen-bond acceptors (Lipinski definition) is 4. The van der Waals surface area contributed by atoms with Crippen LogP contribution in [0.4, 0.5) is 0 Å². The molecule has 0 unspecified atom stereocenters. The Bertz CT molecular complexity index is 459. The quantitative estimate of drug-likeness (QED) is 0.808. The molecular weight excluding hydrogens is 256 g/mol. The Balaban J connectivity index is 1.99. The number of aliphatic hydroxyl groups excluding tert-OH is 2. The van der Waals surface area contributed by atoms with Gasteiger partial charge in [-0.25, -0.2) is 4.79 Å². The lowest BCUT2D eigenvalue weighted by atomic mass is 9.56. The normalized spacial score (nSPS) is 28.3. The average molecular weight is 278 g/mol. The summed E-state index contributed by atoms with van der Waals surface area (Å²) in [6.45, 7) is 3.54. The monoisotopic (exact) mass is 278 g/mol. The van der Waals surface area contributed by atoms with Crippen LogP contribution in [0.3, 0.4) is 0 Å². The van der Waals surface area contributed by atoms with Gasteiger partial charge in [-0.15, -0.1) is 0 Å². The van der Waals surface area contributed by atoms with Gasteiger partial charge < -0.3 is 14.9 Å². The van der Waals surface area contributed by atoms with Gasteiger partial charge in [-0.05, 0) is 31.9 Å². The van der Waals surface area contributed by atoms with E-state index in [2.05, 4.69) is 0 Å². The van der Waals surface area contributed by atoms with Gasteiger partial charge in [0.15, 0.2) is 0 Å². The van der Waals surface area contributed by atoms with Crippen molar-refractivity contribution in [3.05, 3.63) is 35.9 Å². The lowest BCUT2D eigenvalue weighted by Gasteiger charge is -2.51. The van der Waals surface area contributed by atoms with E-state index >= 15 is 0 Å². The van der Waals surface area contributed by atoms with Gasteiger partial charge in [0.2, 0.25) is 0 Å². The SMILES string of the molecule is C[C@H](OC(=O)c1ccccc1)[C@@H]1CC[C@]1(C)[C@H](O)CO. The number of benzene rings is 1. The second-order valence-electron chi connectivity index (χ2n) is 5.83. The molecule has 1 fully saturated rings. The Hall–Kier alpha value is -1.39. The van der Waals surface area contributed by atoms with Crippen molar-refractivity contribution in [3.8, 4) is 0 Å². The van der Waals surface area contributed by atoms with Crippen LogP contribution in [-0.4, -0.2) is 35.0 Å². The van der Waals surface area contributed by atoms with Crippen molar-refractivity contribution in [1.82, 2.24) is 0 Å². The molecule has 4 atom stereocenters. The van der Waals surface area contributed by atoms with E-state index in [1.807, 2.05) is 19.9 Å². The first-order valence-electron chi connectivity index (χ1n) is 7.04. The maximum absolute atomic E-state index is 12.0. The van der Waals surface area contributed by atoms with Crippen LogP contribution in [0.5, 0.6) is 0 Å². The van der Waals surface area contributed by atoms with Crippen molar-refractivity contribution in [1.29, 1.82) is 0 Å². The summed E-state index contributed by atoms with van der Waals surface area (Å²) < 4.78 is 5.50. The minimum Gasteiger partial charge on any atom is -0.459 e. The predicted octanol–water partition coefficient (Wildman–Crippen LogP) is 2.00. The summed E-state index contributed by atoms with van der Waals surface area (Å²) in [4.78, 5) is 12.0. The number of hydrogen-bond donors (Lipinski definition) is 2. The van der Waals surface area contributed by atoms with Crippen LogP contribution in [0.2, 0.25) is 0 Å². The van der Waals surface area contributed by atoms with E-state index in [1.54, 1.807) is 24.3 Å². The molecule has 0 amide bonds. The van der Waals surface area contributed by atoms with Gasteiger partial charge in [0.25, 0.3) is 0 Å². The smallest absolute Gasteiger partial charge is 0.338 e. The Morgan fingerprint density at radius 3 is 2.60 bits per heavy atom. The Morgan fingerprint density at radius 1 is 1.45 bits per heavy atom. The van der Waals surface area contributed by atoms with E-state index < -0.39 is 6.10 Å². The van der Waals surface area contributed by atoms with E-state index in [9.17, 15) is 9.90 Å². The maximum Gasteiger partial charge on any atom is 0.338 e. The molecular formula is C16H22O4. The highest BCUT2D eigenvalue weighted by Gasteiger charge is 2.50. The van der Waals surface area contributed by atoms with Gasteiger partial charge in [-0.1, -0.05) is 25.1 Å². The molecule has 4 heteroatoms. The molecule has 0 heterocycles. The van der Waals surface area contributed by atoms with Crippen LogP contribution >= 0.6 is 0 Å². The van der Waals surface area contributed by atoms with Crippen molar-refractivity contribution < 1.29 is 19.7 Å². The molecule has 0 spiro atoms.